The van der Waals surface area contributed by atoms with E-state index >= 15 is 0 Å². The summed E-state index contributed by atoms with van der Waals surface area (Å²) in [5.74, 6) is 0. The molecule has 1 fully saturated rings. The first-order chi connectivity index (χ1) is 8.04. The van der Waals surface area contributed by atoms with Gasteiger partial charge in [-0.05, 0) is 51.8 Å². The van der Waals surface area contributed by atoms with Crippen LogP contribution in [-0.4, -0.2) is 35.1 Å². The van der Waals surface area contributed by atoms with E-state index < -0.39 is 0 Å². The van der Waals surface area contributed by atoms with Crippen molar-refractivity contribution in [2.75, 3.05) is 13.1 Å². The lowest BCUT2D eigenvalue weighted by atomic mass is 10.1. The maximum atomic E-state index is 4.47. The molecule has 18 heavy (non-hydrogen) atoms. The molecule has 0 aromatic carbocycles. The molecule has 2 atom stereocenters. The summed E-state index contributed by atoms with van der Waals surface area (Å²) in [7, 11) is 0. The van der Waals surface area contributed by atoms with Crippen LogP contribution >= 0.6 is 44.3 Å². The highest BCUT2D eigenvalue weighted by molar-refractivity contribution is 9.11. The quantitative estimate of drug-likeness (QED) is 0.828. The molecule has 0 saturated carbocycles. The van der Waals surface area contributed by atoms with Crippen LogP contribution in [0.1, 0.15) is 19.5 Å². The second kappa shape index (κ2) is 7.20. The molecule has 1 saturated heterocycles. The van der Waals surface area contributed by atoms with Gasteiger partial charge in [-0.15, -0.1) is 12.4 Å². The molecule has 2 rings (SSSR count). The molecule has 1 aromatic rings. The van der Waals surface area contributed by atoms with Crippen molar-refractivity contribution in [2.24, 2.45) is 0 Å². The van der Waals surface area contributed by atoms with Crippen molar-refractivity contribution in [3.05, 3.63) is 26.9 Å². The van der Waals surface area contributed by atoms with Gasteiger partial charge in [-0.25, -0.2) is 0 Å². The van der Waals surface area contributed by atoms with E-state index in [4.69, 9.17) is 0 Å². The zero-order valence-electron chi connectivity index (χ0n) is 10.5. The first-order valence-electron chi connectivity index (χ1n) is 5.83. The SMILES string of the molecule is CC1CN(Cc2ncc(Br)cc2Br)CC(C)N1.Cl. The molecule has 0 radical (unpaired) electrons. The van der Waals surface area contributed by atoms with Crippen LogP contribution in [0.25, 0.3) is 0 Å². The van der Waals surface area contributed by atoms with Gasteiger partial charge in [0.1, 0.15) is 0 Å². The number of nitrogens with zero attached hydrogens (tertiary/aromatic N) is 2. The Balaban J connectivity index is 0.00000162. The smallest absolute Gasteiger partial charge is 0.0686 e. The first kappa shape index (κ1) is 16.4. The summed E-state index contributed by atoms with van der Waals surface area (Å²) < 4.78 is 2.08. The van der Waals surface area contributed by atoms with Gasteiger partial charge in [-0.2, -0.15) is 0 Å². The Morgan fingerprint density at radius 3 is 2.50 bits per heavy atom. The van der Waals surface area contributed by atoms with E-state index in [9.17, 15) is 0 Å². The molecule has 2 unspecified atom stereocenters. The summed E-state index contributed by atoms with van der Waals surface area (Å²) in [6.07, 6.45) is 1.86. The third kappa shape index (κ3) is 4.46. The largest absolute Gasteiger partial charge is 0.309 e. The lowest BCUT2D eigenvalue weighted by Crippen LogP contribution is -2.53. The summed E-state index contributed by atoms with van der Waals surface area (Å²) in [4.78, 5) is 6.92. The monoisotopic (exact) mass is 397 g/mol. The number of hydrogen-bond donors (Lipinski definition) is 1. The fraction of sp³-hybridized carbons (Fsp3) is 0.583. The van der Waals surface area contributed by atoms with Crippen LogP contribution in [0.4, 0.5) is 0 Å². The summed E-state index contributed by atoms with van der Waals surface area (Å²) in [6, 6.07) is 3.15. The Morgan fingerprint density at radius 1 is 1.33 bits per heavy atom. The van der Waals surface area contributed by atoms with Gasteiger partial charge in [0.25, 0.3) is 0 Å². The number of piperazine rings is 1. The van der Waals surface area contributed by atoms with Crippen molar-refractivity contribution in [3.63, 3.8) is 0 Å². The Hall–Kier alpha value is 0.320. The van der Waals surface area contributed by atoms with E-state index in [2.05, 4.69) is 67.0 Å². The van der Waals surface area contributed by atoms with Crippen LogP contribution in [0, 0.1) is 0 Å². The lowest BCUT2D eigenvalue weighted by Gasteiger charge is -2.36. The number of hydrogen-bond acceptors (Lipinski definition) is 3. The van der Waals surface area contributed by atoms with Crippen LogP contribution in [0.5, 0.6) is 0 Å². The summed E-state index contributed by atoms with van der Waals surface area (Å²) in [5, 5.41) is 3.54. The summed E-state index contributed by atoms with van der Waals surface area (Å²) >= 11 is 6.99. The minimum atomic E-state index is 0. The van der Waals surface area contributed by atoms with E-state index in [1.54, 1.807) is 0 Å². The lowest BCUT2D eigenvalue weighted by molar-refractivity contribution is 0.164. The summed E-state index contributed by atoms with van der Waals surface area (Å²) in [6.45, 7) is 7.52. The molecule has 0 spiro atoms. The van der Waals surface area contributed by atoms with Gasteiger partial charge in [-0.3, -0.25) is 9.88 Å². The maximum absolute atomic E-state index is 4.47. The van der Waals surface area contributed by atoms with Crippen LogP contribution in [0.2, 0.25) is 0 Å². The Labute approximate surface area is 131 Å². The van der Waals surface area contributed by atoms with Crippen LogP contribution in [0.3, 0.4) is 0 Å². The van der Waals surface area contributed by atoms with Gasteiger partial charge in [0.15, 0.2) is 0 Å². The van der Waals surface area contributed by atoms with Crippen molar-refractivity contribution in [1.29, 1.82) is 0 Å². The number of halogens is 3. The van der Waals surface area contributed by atoms with Gasteiger partial charge in [0.2, 0.25) is 0 Å². The van der Waals surface area contributed by atoms with Crippen molar-refractivity contribution >= 4 is 44.3 Å². The number of rotatable bonds is 2. The van der Waals surface area contributed by atoms with E-state index in [1.807, 2.05) is 6.20 Å². The molecule has 3 nitrogen and oxygen atoms in total. The molecule has 0 bridgehead atoms. The predicted molar refractivity (Wildman–Crippen MR) is 84.2 cm³/mol. The highest BCUT2D eigenvalue weighted by atomic mass is 79.9. The zero-order chi connectivity index (χ0) is 12.4. The number of pyridine rings is 1. The minimum Gasteiger partial charge on any atom is -0.309 e. The van der Waals surface area contributed by atoms with Crippen molar-refractivity contribution in [3.8, 4) is 0 Å². The zero-order valence-corrected chi connectivity index (χ0v) is 14.5. The topological polar surface area (TPSA) is 28.2 Å². The van der Waals surface area contributed by atoms with E-state index in [0.717, 1.165) is 34.3 Å². The molecule has 0 amide bonds. The Bertz CT molecular complexity index is 393. The predicted octanol–water partition coefficient (Wildman–Crippen LogP) is 3.21. The van der Waals surface area contributed by atoms with Crippen LogP contribution < -0.4 is 5.32 Å². The highest BCUT2D eigenvalue weighted by Crippen LogP contribution is 2.21. The Kier molecular flexibility index (Phi) is 6.55. The molecule has 1 aromatic heterocycles. The Morgan fingerprint density at radius 2 is 1.94 bits per heavy atom. The maximum Gasteiger partial charge on any atom is 0.0686 e. The minimum absolute atomic E-state index is 0. The van der Waals surface area contributed by atoms with E-state index in [-0.39, 0.29) is 12.4 Å². The van der Waals surface area contributed by atoms with Crippen LogP contribution in [-0.2, 0) is 6.54 Å². The van der Waals surface area contributed by atoms with Gasteiger partial charge < -0.3 is 5.32 Å². The first-order valence-corrected chi connectivity index (χ1v) is 7.41. The number of aromatic nitrogens is 1. The third-order valence-electron chi connectivity index (χ3n) is 2.89. The van der Waals surface area contributed by atoms with Crippen LogP contribution in [0.15, 0.2) is 21.2 Å². The average Bonchev–Trinajstić information content (AvgIpc) is 2.21. The third-order valence-corrected chi connectivity index (χ3v) is 4.01. The molecule has 6 heteroatoms. The second-order valence-electron chi connectivity index (χ2n) is 4.74. The summed E-state index contributed by atoms with van der Waals surface area (Å²) in [5.41, 5.74) is 1.11. The van der Waals surface area contributed by atoms with Gasteiger partial charge in [0, 0.05) is 46.9 Å². The van der Waals surface area contributed by atoms with E-state index in [0.29, 0.717) is 12.1 Å². The normalized spacial score (nSPS) is 24.7. The molecule has 2 heterocycles. The molecular formula is C12H18Br2ClN3. The molecule has 1 aliphatic heterocycles. The van der Waals surface area contributed by atoms with Crippen molar-refractivity contribution in [2.45, 2.75) is 32.5 Å². The average molecular weight is 400 g/mol. The fourth-order valence-electron chi connectivity index (χ4n) is 2.34. The molecule has 1 aliphatic rings. The van der Waals surface area contributed by atoms with Crippen molar-refractivity contribution in [1.82, 2.24) is 15.2 Å². The van der Waals surface area contributed by atoms with Gasteiger partial charge in [-0.1, -0.05) is 0 Å². The molecule has 1 N–H and O–H groups in total. The van der Waals surface area contributed by atoms with E-state index in [1.165, 1.54) is 0 Å². The molecule has 102 valence electrons. The number of nitrogens with one attached hydrogen (secondary N) is 1. The molecule has 0 aliphatic carbocycles. The highest BCUT2D eigenvalue weighted by Gasteiger charge is 2.21. The standard InChI is InChI=1S/C12H17Br2N3.ClH/c1-8-5-17(6-9(2)16-8)7-12-11(14)3-10(13)4-15-12;/h3-4,8-9,16H,5-7H2,1-2H3;1H. The van der Waals surface area contributed by atoms with Crippen molar-refractivity contribution < 1.29 is 0 Å². The second-order valence-corrected chi connectivity index (χ2v) is 6.51. The fourth-order valence-corrected chi connectivity index (χ4v) is 3.45. The van der Waals surface area contributed by atoms with Gasteiger partial charge >= 0.3 is 0 Å². The molecular weight excluding hydrogens is 381 g/mol. The van der Waals surface area contributed by atoms with Gasteiger partial charge in [0.05, 0.1) is 5.69 Å².